The molecule has 5 rings (SSSR count). The average Bonchev–Trinajstić information content (AvgIpc) is 3.31. The standard InChI is InChI=1S/C30H26ClF3N2O4/c1-17-24(35-29(40-17)19-7-6-8-20(13-19)30(32,33)34)16-27(37)36-12-11-18-14-25(38-2)26(39-3)15-22(18)28(36)21-9-4-5-10-23(21)31/h4-10,13-15,28H,11-12,16H2,1-3H3/t28-/m0/s1. The number of alkyl halides is 3. The van der Waals surface area contributed by atoms with E-state index in [9.17, 15) is 18.0 Å². The van der Waals surface area contributed by atoms with Crippen LogP contribution in [-0.2, 0) is 23.8 Å². The van der Waals surface area contributed by atoms with Crippen LogP contribution in [-0.4, -0.2) is 36.6 Å². The van der Waals surface area contributed by atoms with Crippen LogP contribution in [0, 0.1) is 6.92 Å². The summed E-state index contributed by atoms with van der Waals surface area (Å²) in [6, 6.07) is 15.4. The van der Waals surface area contributed by atoms with Gasteiger partial charge in [0, 0.05) is 17.1 Å². The van der Waals surface area contributed by atoms with Crippen LogP contribution in [0.5, 0.6) is 11.5 Å². The van der Waals surface area contributed by atoms with Gasteiger partial charge in [0.15, 0.2) is 11.5 Å². The number of nitrogens with zero attached hydrogens (tertiary/aromatic N) is 2. The molecule has 0 unspecified atom stereocenters. The largest absolute Gasteiger partial charge is 0.493 e. The first-order valence-corrected chi connectivity index (χ1v) is 12.9. The molecule has 0 saturated carbocycles. The number of hydrogen-bond acceptors (Lipinski definition) is 5. The third-order valence-corrected chi connectivity index (χ3v) is 7.39. The molecule has 1 amide bonds. The second-order valence-corrected chi connectivity index (χ2v) is 9.85. The van der Waals surface area contributed by atoms with Gasteiger partial charge in [-0.15, -0.1) is 0 Å². The molecule has 40 heavy (non-hydrogen) atoms. The van der Waals surface area contributed by atoms with E-state index in [1.165, 1.54) is 12.1 Å². The van der Waals surface area contributed by atoms with Gasteiger partial charge in [-0.2, -0.15) is 13.2 Å². The number of carbonyl (C=O) groups excluding carboxylic acids is 1. The zero-order valence-electron chi connectivity index (χ0n) is 22.0. The molecule has 1 aromatic heterocycles. The van der Waals surface area contributed by atoms with Crippen molar-refractivity contribution < 1.29 is 31.9 Å². The first-order valence-electron chi connectivity index (χ1n) is 12.5. The van der Waals surface area contributed by atoms with E-state index in [0.717, 1.165) is 28.8 Å². The molecule has 2 heterocycles. The van der Waals surface area contributed by atoms with Crippen molar-refractivity contribution in [1.82, 2.24) is 9.88 Å². The number of benzene rings is 3. The van der Waals surface area contributed by atoms with Crippen molar-refractivity contribution in [2.24, 2.45) is 0 Å². The fourth-order valence-corrected chi connectivity index (χ4v) is 5.27. The molecule has 0 fully saturated rings. The van der Waals surface area contributed by atoms with Gasteiger partial charge in [0.25, 0.3) is 0 Å². The number of fused-ring (bicyclic) bond motifs is 1. The topological polar surface area (TPSA) is 64.8 Å². The number of ether oxygens (including phenoxy) is 2. The van der Waals surface area contributed by atoms with Crippen molar-refractivity contribution in [1.29, 1.82) is 0 Å². The zero-order chi connectivity index (χ0) is 28.6. The van der Waals surface area contributed by atoms with E-state index >= 15 is 0 Å². The fourth-order valence-electron chi connectivity index (χ4n) is 5.04. The smallest absolute Gasteiger partial charge is 0.416 e. The summed E-state index contributed by atoms with van der Waals surface area (Å²) in [4.78, 5) is 20.0. The molecule has 3 aromatic carbocycles. The van der Waals surface area contributed by atoms with Gasteiger partial charge in [-0.05, 0) is 66.4 Å². The molecule has 0 aliphatic carbocycles. The van der Waals surface area contributed by atoms with Crippen molar-refractivity contribution in [2.45, 2.75) is 32.0 Å². The number of amides is 1. The summed E-state index contributed by atoms with van der Waals surface area (Å²) in [5.41, 5.74) is 2.36. The number of halogens is 4. The van der Waals surface area contributed by atoms with E-state index in [0.29, 0.717) is 40.9 Å². The van der Waals surface area contributed by atoms with Gasteiger partial charge in [0.1, 0.15) is 5.76 Å². The van der Waals surface area contributed by atoms with E-state index in [4.69, 9.17) is 25.5 Å². The number of rotatable bonds is 6. The highest BCUT2D eigenvalue weighted by Gasteiger charge is 2.35. The Labute approximate surface area is 234 Å². The van der Waals surface area contributed by atoms with E-state index < -0.39 is 17.8 Å². The predicted molar refractivity (Wildman–Crippen MR) is 144 cm³/mol. The van der Waals surface area contributed by atoms with Crippen molar-refractivity contribution in [3.8, 4) is 23.0 Å². The van der Waals surface area contributed by atoms with Crippen LogP contribution >= 0.6 is 11.6 Å². The van der Waals surface area contributed by atoms with Crippen LogP contribution in [0.2, 0.25) is 5.02 Å². The molecular weight excluding hydrogens is 545 g/mol. The highest BCUT2D eigenvalue weighted by molar-refractivity contribution is 6.31. The van der Waals surface area contributed by atoms with Gasteiger partial charge in [0.2, 0.25) is 11.8 Å². The van der Waals surface area contributed by atoms with Crippen LogP contribution in [0.4, 0.5) is 13.2 Å². The third kappa shape index (κ3) is 5.25. The van der Waals surface area contributed by atoms with Gasteiger partial charge in [-0.1, -0.05) is 35.9 Å². The minimum absolute atomic E-state index is 0.0230. The maximum Gasteiger partial charge on any atom is 0.416 e. The zero-order valence-corrected chi connectivity index (χ0v) is 22.8. The molecule has 208 valence electrons. The Hall–Kier alpha value is -3.98. The lowest BCUT2D eigenvalue weighted by atomic mass is 9.87. The number of hydrogen-bond donors (Lipinski definition) is 0. The Morgan fingerprint density at radius 1 is 1.05 bits per heavy atom. The summed E-state index contributed by atoms with van der Waals surface area (Å²) >= 11 is 6.63. The van der Waals surface area contributed by atoms with Crippen molar-refractivity contribution >= 4 is 17.5 Å². The van der Waals surface area contributed by atoms with Gasteiger partial charge in [-0.3, -0.25) is 4.79 Å². The Morgan fingerprint density at radius 2 is 1.77 bits per heavy atom. The highest BCUT2D eigenvalue weighted by atomic mass is 35.5. The van der Waals surface area contributed by atoms with Gasteiger partial charge >= 0.3 is 6.18 Å². The van der Waals surface area contributed by atoms with Gasteiger partial charge in [-0.25, -0.2) is 4.98 Å². The van der Waals surface area contributed by atoms with Crippen LogP contribution in [0.15, 0.2) is 65.1 Å². The lowest BCUT2D eigenvalue weighted by Crippen LogP contribution is -2.41. The number of carbonyl (C=O) groups is 1. The average molecular weight is 571 g/mol. The summed E-state index contributed by atoms with van der Waals surface area (Å²) in [7, 11) is 3.12. The van der Waals surface area contributed by atoms with E-state index in [1.54, 1.807) is 32.1 Å². The van der Waals surface area contributed by atoms with Crippen LogP contribution in [0.25, 0.3) is 11.5 Å². The summed E-state index contributed by atoms with van der Waals surface area (Å²) < 4.78 is 56.4. The quantitative estimate of drug-likeness (QED) is 0.248. The minimum atomic E-state index is -4.50. The van der Waals surface area contributed by atoms with Crippen LogP contribution in [0.1, 0.15) is 39.7 Å². The first-order chi connectivity index (χ1) is 19.1. The molecule has 0 radical (unpaired) electrons. The Kier molecular flexibility index (Phi) is 7.51. The fraction of sp³-hybridized carbons (Fsp3) is 0.267. The molecule has 1 atom stereocenters. The third-order valence-electron chi connectivity index (χ3n) is 7.04. The Morgan fingerprint density at radius 3 is 2.48 bits per heavy atom. The molecule has 6 nitrogen and oxygen atoms in total. The van der Waals surface area contributed by atoms with Crippen molar-refractivity contribution in [3.05, 3.63) is 99.4 Å². The van der Waals surface area contributed by atoms with E-state index in [-0.39, 0.29) is 23.8 Å². The van der Waals surface area contributed by atoms with Crippen molar-refractivity contribution in [3.63, 3.8) is 0 Å². The molecule has 0 bridgehead atoms. The van der Waals surface area contributed by atoms with E-state index in [2.05, 4.69) is 4.98 Å². The summed E-state index contributed by atoms with van der Waals surface area (Å²) in [5, 5.41) is 0.511. The minimum Gasteiger partial charge on any atom is -0.493 e. The molecule has 0 saturated heterocycles. The summed E-state index contributed by atoms with van der Waals surface area (Å²) in [6.45, 7) is 2.05. The van der Waals surface area contributed by atoms with Gasteiger partial charge < -0.3 is 18.8 Å². The normalized spacial score (nSPS) is 15.1. The Bertz CT molecular complexity index is 1570. The second kappa shape index (κ2) is 10.9. The Balaban J connectivity index is 1.50. The predicted octanol–water partition coefficient (Wildman–Crippen LogP) is 7.06. The maximum atomic E-state index is 13.8. The number of methoxy groups -OCH3 is 2. The lowest BCUT2D eigenvalue weighted by molar-refractivity contribution is -0.137. The number of oxazole rings is 1. The van der Waals surface area contributed by atoms with Gasteiger partial charge in [0.05, 0.1) is 37.9 Å². The maximum absolute atomic E-state index is 13.8. The van der Waals surface area contributed by atoms with E-state index in [1.807, 2.05) is 30.3 Å². The monoisotopic (exact) mass is 570 g/mol. The number of aryl methyl sites for hydroxylation is 1. The molecule has 0 spiro atoms. The highest BCUT2D eigenvalue weighted by Crippen LogP contribution is 2.43. The lowest BCUT2D eigenvalue weighted by Gasteiger charge is -2.38. The van der Waals surface area contributed by atoms with Crippen molar-refractivity contribution in [2.75, 3.05) is 20.8 Å². The molecular formula is C30H26ClF3N2O4. The van der Waals surface area contributed by atoms with Crippen LogP contribution in [0.3, 0.4) is 0 Å². The molecule has 10 heteroatoms. The summed E-state index contributed by atoms with van der Waals surface area (Å²) in [5.74, 6) is 1.29. The second-order valence-electron chi connectivity index (χ2n) is 9.44. The van der Waals surface area contributed by atoms with Crippen LogP contribution < -0.4 is 9.47 Å². The molecule has 4 aromatic rings. The molecule has 1 aliphatic rings. The molecule has 0 N–H and O–H groups in total. The first kappa shape index (κ1) is 27.6. The summed E-state index contributed by atoms with van der Waals surface area (Å²) in [6.07, 6.45) is -4.02. The SMILES string of the molecule is COc1cc2c(cc1OC)[C@H](c1ccccc1Cl)N(C(=O)Cc1nc(-c3cccc(C(F)(F)F)c3)oc1C)CC2. The number of aromatic nitrogens is 1. The molecule has 1 aliphatic heterocycles.